The molecule has 0 radical (unpaired) electrons. The van der Waals surface area contributed by atoms with Crippen LogP contribution < -0.4 is 0 Å². The molecule has 1 saturated heterocycles. The van der Waals surface area contributed by atoms with Crippen LogP contribution in [0.3, 0.4) is 0 Å². The van der Waals surface area contributed by atoms with Crippen LogP contribution in [0.2, 0.25) is 0 Å². The normalized spacial score (nSPS) is 18.9. The number of fused-ring (bicyclic) bond motifs is 1. The molecule has 0 bridgehead atoms. The molecule has 0 spiro atoms. The zero-order chi connectivity index (χ0) is 19.0. The fraction of sp³-hybridized carbons (Fsp3) is 0.389. The number of hydrogen-bond donors (Lipinski definition) is 1. The van der Waals surface area contributed by atoms with Crippen LogP contribution in [0.15, 0.2) is 35.6 Å². The monoisotopic (exact) mass is 404 g/mol. The molecule has 1 atom stereocenters. The lowest BCUT2D eigenvalue weighted by atomic mass is 10.1. The number of nitrogens with one attached hydrogen (secondary N) is 1. The average molecular weight is 405 g/mol. The van der Waals surface area contributed by atoms with Gasteiger partial charge in [-0.25, -0.2) is 8.42 Å². The van der Waals surface area contributed by atoms with E-state index >= 15 is 0 Å². The Morgan fingerprint density at radius 1 is 1.33 bits per heavy atom. The smallest absolute Gasteiger partial charge is 0.191 e. The van der Waals surface area contributed by atoms with Gasteiger partial charge in [-0.05, 0) is 18.4 Å². The van der Waals surface area contributed by atoms with Crippen molar-refractivity contribution in [3.63, 3.8) is 0 Å². The van der Waals surface area contributed by atoms with Crippen LogP contribution in [0.1, 0.15) is 22.6 Å². The van der Waals surface area contributed by atoms with Crippen LogP contribution in [-0.2, 0) is 23.3 Å². The van der Waals surface area contributed by atoms with E-state index in [2.05, 4.69) is 15.2 Å². The Hall–Kier alpha value is -2.13. The van der Waals surface area contributed by atoms with Gasteiger partial charge in [0.25, 0.3) is 0 Å². The zero-order valence-corrected chi connectivity index (χ0v) is 16.5. The molecule has 7 nitrogen and oxygen atoms in total. The Labute approximate surface area is 161 Å². The van der Waals surface area contributed by atoms with Gasteiger partial charge in [0.15, 0.2) is 20.8 Å². The molecule has 9 heteroatoms. The fourth-order valence-corrected chi connectivity index (χ4v) is 6.12. The van der Waals surface area contributed by atoms with Gasteiger partial charge in [-0.1, -0.05) is 30.0 Å². The summed E-state index contributed by atoms with van der Waals surface area (Å²) in [6, 6.07) is 7.72. The summed E-state index contributed by atoms with van der Waals surface area (Å²) in [6.45, 7) is 0. The van der Waals surface area contributed by atoms with E-state index in [0.717, 1.165) is 16.7 Å². The Kier molecular flexibility index (Phi) is 4.81. The number of carbonyl (C=O) groups excluding carboxylic acids is 1. The SMILES string of the molecule is Cn1c(C[C@@H]2CCS(=O)(=O)C2)nnc1SCC(=O)c1c[nH]c2ccccc12. The van der Waals surface area contributed by atoms with Crippen molar-refractivity contribution in [2.24, 2.45) is 13.0 Å². The summed E-state index contributed by atoms with van der Waals surface area (Å²) < 4.78 is 25.1. The van der Waals surface area contributed by atoms with E-state index in [1.807, 2.05) is 35.9 Å². The summed E-state index contributed by atoms with van der Waals surface area (Å²) in [5, 5.41) is 9.96. The van der Waals surface area contributed by atoms with E-state index in [1.54, 1.807) is 6.20 Å². The highest BCUT2D eigenvalue weighted by Gasteiger charge is 2.29. The molecular weight excluding hydrogens is 384 g/mol. The summed E-state index contributed by atoms with van der Waals surface area (Å²) in [5.41, 5.74) is 1.62. The molecule has 0 unspecified atom stereocenters. The van der Waals surface area contributed by atoms with Gasteiger partial charge in [-0.3, -0.25) is 4.79 Å². The van der Waals surface area contributed by atoms with E-state index in [-0.39, 0.29) is 29.0 Å². The lowest BCUT2D eigenvalue weighted by Crippen LogP contribution is -2.11. The molecule has 2 aromatic heterocycles. The number of aromatic amines is 1. The quantitative estimate of drug-likeness (QED) is 0.500. The summed E-state index contributed by atoms with van der Waals surface area (Å²) in [5.74, 6) is 1.65. The molecule has 0 amide bonds. The first-order valence-electron chi connectivity index (χ1n) is 8.74. The summed E-state index contributed by atoms with van der Waals surface area (Å²) in [7, 11) is -1.04. The average Bonchev–Trinajstić information content (AvgIpc) is 3.31. The number of thioether (sulfide) groups is 1. The van der Waals surface area contributed by atoms with Crippen LogP contribution in [-0.4, -0.2) is 51.2 Å². The Bertz CT molecular complexity index is 1100. The molecule has 4 rings (SSSR count). The van der Waals surface area contributed by atoms with Crippen molar-refractivity contribution >= 4 is 38.3 Å². The number of sulfone groups is 1. The van der Waals surface area contributed by atoms with Crippen LogP contribution >= 0.6 is 11.8 Å². The molecule has 0 saturated carbocycles. The predicted molar refractivity (Wildman–Crippen MR) is 105 cm³/mol. The standard InChI is InChI=1S/C18H20N4O3S2/c1-22-17(8-12-6-7-27(24,25)11-12)20-21-18(22)26-10-16(23)14-9-19-15-5-3-2-4-13(14)15/h2-5,9,12,19H,6-8,10-11H2,1H3/t12-/m0/s1. The van der Waals surface area contributed by atoms with Gasteiger partial charge in [0.2, 0.25) is 0 Å². The molecule has 1 aliphatic rings. The third-order valence-electron chi connectivity index (χ3n) is 4.95. The van der Waals surface area contributed by atoms with Crippen molar-refractivity contribution in [3.05, 3.63) is 41.9 Å². The number of H-pyrrole nitrogens is 1. The van der Waals surface area contributed by atoms with Crippen molar-refractivity contribution in [3.8, 4) is 0 Å². The maximum atomic E-state index is 12.6. The van der Waals surface area contributed by atoms with Crippen LogP contribution in [0.25, 0.3) is 10.9 Å². The predicted octanol–water partition coefficient (Wildman–Crippen LogP) is 2.25. The molecule has 3 aromatic rings. The largest absolute Gasteiger partial charge is 0.360 e. The first-order valence-corrected chi connectivity index (χ1v) is 11.5. The number of rotatable bonds is 6. The van der Waals surface area contributed by atoms with Crippen LogP contribution in [0, 0.1) is 5.92 Å². The Morgan fingerprint density at radius 3 is 2.93 bits per heavy atom. The third kappa shape index (κ3) is 3.79. The molecule has 27 heavy (non-hydrogen) atoms. The van der Waals surface area contributed by atoms with Crippen molar-refractivity contribution < 1.29 is 13.2 Å². The summed E-state index contributed by atoms with van der Waals surface area (Å²) in [4.78, 5) is 15.7. The second-order valence-corrected chi connectivity index (χ2v) is 10.1. The lowest BCUT2D eigenvalue weighted by Gasteiger charge is -2.07. The molecule has 0 aliphatic carbocycles. The molecule has 1 N–H and O–H groups in total. The van der Waals surface area contributed by atoms with E-state index in [0.29, 0.717) is 23.6 Å². The number of carbonyl (C=O) groups is 1. The minimum absolute atomic E-state index is 0.0314. The lowest BCUT2D eigenvalue weighted by molar-refractivity contribution is 0.102. The molecule has 1 aliphatic heterocycles. The Morgan fingerprint density at radius 2 is 2.15 bits per heavy atom. The summed E-state index contributed by atoms with van der Waals surface area (Å²) in [6.07, 6.45) is 3.02. The highest BCUT2D eigenvalue weighted by Crippen LogP contribution is 2.25. The highest BCUT2D eigenvalue weighted by atomic mass is 32.2. The number of nitrogens with zero attached hydrogens (tertiary/aromatic N) is 3. The minimum atomic E-state index is -2.90. The highest BCUT2D eigenvalue weighted by molar-refractivity contribution is 7.99. The third-order valence-corrected chi connectivity index (χ3v) is 7.80. The molecule has 3 heterocycles. The first-order chi connectivity index (χ1) is 12.9. The van der Waals surface area contributed by atoms with Gasteiger partial charge < -0.3 is 9.55 Å². The van der Waals surface area contributed by atoms with Gasteiger partial charge in [0.1, 0.15) is 5.82 Å². The Balaban J connectivity index is 1.42. The van der Waals surface area contributed by atoms with Gasteiger partial charge in [0, 0.05) is 36.1 Å². The van der Waals surface area contributed by atoms with Crippen LogP contribution in [0.5, 0.6) is 0 Å². The van der Waals surface area contributed by atoms with Crippen molar-refractivity contribution in [2.75, 3.05) is 17.3 Å². The van der Waals surface area contributed by atoms with Gasteiger partial charge in [-0.2, -0.15) is 0 Å². The molecule has 1 aromatic carbocycles. The number of Topliss-reactive ketones (excluding diaryl/α,β-unsaturated/α-hetero) is 1. The summed E-state index contributed by atoms with van der Waals surface area (Å²) >= 11 is 1.35. The first kappa shape index (κ1) is 18.2. The maximum Gasteiger partial charge on any atom is 0.191 e. The van der Waals surface area contributed by atoms with Crippen molar-refractivity contribution in [2.45, 2.75) is 18.0 Å². The van der Waals surface area contributed by atoms with Crippen molar-refractivity contribution in [1.29, 1.82) is 0 Å². The number of ketones is 1. The molecular formula is C18H20N4O3S2. The number of benzene rings is 1. The maximum absolute atomic E-state index is 12.6. The molecule has 1 fully saturated rings. The second-order valence-electron chi connectivity index (χ2n) is 6.89. The van der Waals surface area contributed by atoms with E-state index in [1.165, 1.54) is 11.8 Å². The number of hydrogen-bond acceptors (Lipinski definition) is 6. The van der Waals surface area contributed by atoms with Gasteiger partial charge in [-0.15, -0.1) is 10.2 Å². The van der Waals surface area contributed by atoms with E-state index in [4.69, 9.17) is 0 Å². The fourth-order valence-electron chi connectivity index (χ4n) is 3.45. The second kappa shape index (κ2) is 7.12. The van der Waals surface area contributed by atoms with Crippen molar-refractivity contribution in [1.82, 2.24) is 19.7 Å². The molecule has 142 valence electrons. The zero-order valence-electron chi connectivity index (χ0n) is 14.9. The van der Waals surface area contributed by atoms with E-state index in [9.17, 15) is 13.2 Å². The minimum Gasteiger partial charge on any atom is -0.360 e. The van der Waals surface area contributed by atoms with E-state index < -0.39 is 9.84 Å². The van der Waals surface area contributed by atoms with Gasteiger partial charge in [0.05, 0.1) is 17.3 Å². The van der Waals surface area contributed by atoms with Gasteiger partial charge >= 0.3 is 0 Å². The number of para-hydroxylation sites is 1. The van der Waals surface area contributed by atoms with Crippen LogP contribution in [0.4, 0.5) is 0 Å². The topological polar surface area (TPSA) is 97.7 Å². The number of aromatic nitrogens is 4.